The number of likely N-dealkylation sites (tertiary alicyclic amines) is 2. The number of hydrogen-bond acceptors (Lipinski definition) is 3. The van der Waals surface area contributed by atoms with Crippen LogP contribution < -0.4 is 5.32 Å². The maximum atomic E-state index is 4.58. The average molecular weight is 522 g/mol. The van der Waals surface area contributed by atoms with Crippen LogP contribution in [0.3, 0.4) is 0 Å². The monoisotopic (exact) mass is 522 g/mol. The van der Waals surface area contributed by atoms with Crippen molar-refractivity contribution in [3.05, 3.63) is 53.9 Å². The molecular formula is C23H35IN6. The fraction of sp³-hybridized carbons (Fsp3) is 0.565. The Morgan fingerprint density at radius 1 is 1.17 bits per heavy atom. The van der Waals surface area contributed by atoms with Gasteiger partial charge in [0.15, 0.2) is 5.96 Å². The van der Waals surface area contributed by atoms with Gasteiger partial charge >= 0.3 is 0 Å². The molecule has 2 fully saturated rings. The van der Waals surface area contributed by atoms with E-state index < -0.39 is 0 Å². The Morgan fingerprint density at radius 3 is 2.73 bits per heavy atom. The molecule has 0 spiro atoms. The number of nitrogens with one attached hydrogen (secondary N) is 1. The van der Waals surface area contributed by atoms with Gasteiger partial charge in [-0.25, -0.2) is 0 Å². The van der Waals surface area contributed by atoms with Gasteiger partial charge < -0.3 is 10.2 Å². The van der Waals surface area contributed by atoms with Crippen molar-refractivity contribution in [1.82, 2.24) is 24.9 Å². The number of halogens is 1. The molecule has 3 heterocycles. The lowest BCUT2D eigenvalue weighted by molar-refractivity contribution is 0.244. The van der Waals surface area contributed by atoms with Crippen LogP contribution in [-0.4, -0.2) is 64.8 Å². The van der Waals surface area contributed by atoms with Crippen molar-refractivity contribution >= 4 is 29.9 Å². The van der Waals surface area contributed by atoms with Gasteiger partial charge in [0.05, 0.1) is 6.20 Å². The van der Waals surface area contributed by atoms with Crippen LogP contribution in [0.5, 0.6) is 0 Å². The van der Waals surface area contributed by atoms with Crippen molar-refractivity contribution < 1.29 is 0 Å². The third-order valence-electron chi connectivity index (χ3n) is 6.30. The Labute approximate surface area is 197 Å². The minimum absolute atomic E-state index is 0. The third-order valence-corrected chi connectivity index (χ3v) is 6.30. The van der Waals surface area contributed by atoms with Crippen LogP contribution in [0.4, 0.5) is 0 Å². The van der Waals surface area contributed by atoms with Gasteiger partial charge in [-0.05, 0) is 49.3 Å². The van der Waals surface area contributed by atoms with E-state index in [2.05, 4.69) is 61.7 Å². The van der Waals surface area contributed by atoms with E-state index in [9.17, 15) is 0 Å². The van der Waals surface area contributed by atoms with E-state index in [0.717, 1.165) is 38.6 Å². The van der Waals surface area contributed by atoms with Crippen LogP contribution >= 0.6 is 24.0 Å². The Balaban J connectivity index is 0.00000256. The molecule has 1 aromatic heterocycles. The maximum absolute atomic E-state index is 4.58. The molecule has 2 unspecified atom stereocenters. The number of hydrogen-bond donors (Lipinski definition) is 1. The van der Waals surface area contributed by atoms with E-state index in [0.29, 0.717) is 12.0 Å². The van der Waals surface area contributed by atoms with E-state index >= 15 is 0 Å². The molecule has 1 aromatic carbocycles. The lowest BCUT2D eigenvalue weighted by Gasteiger charge is -2.28. The Hall–Kier alpha value is -1.61. The van der Waals surface area contributed by atoms with Crippen molar-refractivity contribution in [2.75, 3.05) is 33.2 Å². The first-order chi connectivity index (χ1) is 14.2. The second kappa shape index (κ2) is 11.1. The zero-order valence-corrected chi connectivity index (χ0v) is 20.5. The minimum Gasteiger partial charge on any atom is -0.355 e. The highest BCUT2D eigenvalue weighted by atomic mass is 127. The second-order valence-electron chi connectivity index (χ2n) is 8.51. The lowest BCUT2D eigenvalue weighted by atomic mass is 10.0. The lowest BCUT2D eigenvalue weighted by Crippen LogP contribution is -2.46. The molecule has 1 N–H and O–H groups in total. The van der Waals surface area contributed by atoms with Gasteiger partial charge in [0.2, 0.25) is 0 Å². The quantitative estimate of drug-likeness (QED) is 0.360. The van der Waals surface area contributed by atoms with Crippen LogP contribution in [0.2, 0.25) is 0 Å². The SMILES string of the molecule is CN=C(NCC1CCCN1Cc1ccccc1)N1CCC(Cc2cnn(C)c2)C1.I. The molecule has 2 saturated heterocycles. The van der Waals surface area contributed by atoms with E-state index in [1.54, 1.807) is 0 Å². The standard InChI is InChI=1S/C23H34N6.HI/c1-24-23(29-12-10-20(18-29)13-21-14-26-27(2)16-21)25-15-22-9-6-11-28(22)17-19-7-4-3-5-8-19;/h3-5,7-8,14,16,20,22H,6,9-13,15,17-18H2,1-2H3,(H,24,25);1H. The van der Waals surface area contributed by atoms with Crippen LogP contribution in [-0.2, 0) is 20.0 Å². The average Bonchev–Trinajstić information content (AvgIpc) is 3.46. The highest BCUT2D eigenvalue weighted by Crippen LogP contribution is 2.22. The molecule has 2 atom stereocenters. The predicted molar refractivity (Wildman–Crippen MR) is 133 cm³/mol. The van der Waals surface area contributed by atoms with Crippen LogP contribution in [0, 0.1) is 5.92 Å². The molecule has 30 heavy (non-hydrogen) atoms. The molecule has 7 heteroatoms. The molecule has 6 nitrogen and oxygen atoms in total. The summed E-state index contributed by atoms with van der Waals surface area (Å²) < 4.78 is 1.89. The zero-order chi connectivity index (χ0) is 20.1. The van der Waals surface area contributed by atoms with Gasteiger partial charge in [0.25, 0.3) is 0 Å². The molecular weight excluding hydrogens is 487 g/mol. The van der Waals surface area contributed by atoms with Gasteiger partial charge in [0, 0.05) is 52.5 Å². The fourth-order valence-corrected chi connectivity index (χ4v) is 4.80. The van der Waals surface area contributed by atoms with Crippen LogP contribution in [0.15, 0.2) is 47.7 Å². The summed E-state index contributed by atoms with van der Waals surface area (Å²) >= 11 is 0. The number of aryl methyl sites for hydroxylation is 1. The second-order valence-corrected chi connectivity index (χ2v) is 8.51. The molecule has 2 aliphatic heterocycles. The van der Waals surface area contributed by atoms with Gasteiger partial charge in [-0.1, -0.05) is 30.3 Å². The molecule has 164 valence electrons. The highest BCUT2D eigenvalue weighted by molar-refractivity contribution is 14.0. The van der Waals surface area contributed by atoms with Crippen molar-refractivity contribution in [1.29, 1.82) is 0 Å². The number of guanidine groups is 1. The molecule has 0 bridgehead atoms. The van der Waals surface area contributed by atoms with Crippen molar-refractivity contribution in [2.45, 2.75) is 38.3 Å². The van der Waals surface area contributed by atoms with Gasteiger partial charge in [-0.15, -0.1) is 24.0 Å². The first-order valence-corrected chi connectivity index (χ1v) is 10.9. The highest BCUT2D eigenvalue weighted by Gasteiger charge is 2.28. The zero-order valence-electron chi connectivity index (χ0n) is 18.2. The molecule has 2 aromatic rings. The van der Waals surface area contributed by atoms with Gasteiger partial charge in [0.1, 0.15) is 0 Å². The smallest absolute Gasteiger partial charge is 0.193 e. The van der Waals surface area contributed by atoms with Crippen molar-refractivity contribution in [2.24, 2.45) is 18.0 Å². The van der Waals surface area contributed by atoms with Crippen LogP contribution in [0.1, 0.15) is 30.4 Å². The summed E-state index contributed by atoms with van der Waals surface area (Å²) in [5.74, 6) is 1.74. The Morgan fingerprint density at radius 2 is 2.00 bits per heavy atom. The molecule has 0 aliphatic carbocycles. The first-order valence-electron chi connectivity index (χ1n) is 10.9. The van der Waals surface area contributed by atoms with E-state index in [-0.39, 0.29) is 24.0 Å². The summed E-state index contributed by atoms with van der Waals surface area (Å²) in [7, 11) is 3.90. The molecule has 4 rings (SSSR count). The van der Waals surface area contributed by atoms with E-state index in [4.69, 9.17) is 0 Å². The van der Waals surface area contributed by atoms with Crippen molar-refractivity contribution in [3.8, 4) is 0 Å². The Bertz CT molecular complexity index is 805. The summed E-state index contributed by atoms with van der Waals surface area (Å²) in [5, 5.41) is 7.98. The molecule has 0 amide bonds. The normalized spacial score (nSPS) is 22.3. The first kappa shape index (κ1) is 23.1. The summed E-state index contributed by atoms with van der Waals surface area (Å²) in [5.41, 5.74) is 2.74. The van der Waals surface area contributed by atoms with E-state index in [1.807, 2.05) is 25.0 Å². The topological polar surface area (TPSA) is 48.7 Å². The predicted octanol–water partition coefficient (Wildman–Crippen LogP) is 3.14. The number of aromatic nitrogens is 2. The number of benzene rings is 1. The summed E-state index contributed by atoms with van der Waals surface area (Å²) in [6.45, 7) is 5.37. The number of rotatable bonds is 6. The van der Waals surface area contributed by atoms with E-state index in [1.165, 1.54) is 36.9 Å². The summed E-state index contributed by atoms with van der Waals surface area (Å²) in [6, 6.07) is 11.4. The maximum Gasteiger partial charge on any atom is 0.193 e. The van der Waals surface area contributed by atoms with Gasteiger partial charge in [-0.2, -0.15) is 5.10 Å². The minimum atomic E-state index is 0. The van der Waals surface area contributed by atoms with Gasteiger partial charge in [-0.3, -0.25) is 14.6 Å². The molecule has 0 radical (unpaired) electrons. The fourth-order valence-electron chi connectivity index (χ4n) is 4.80. The summed E-state index contributed by atoms with van der Waals surface area (Å²) in [4.78, 5) is 9.63. The molecule has 0 saturated carbocycles. The van der Waals surface area contributed by atoms with Crippen LogP contribution in [0.25, 0.3) is 0 Å². The Kier molecular flexibility index (Phi) is 8.56. The largest absolute Gasteiger partial charge is 0.355 e. The summed E-state index contributed by atoms with van der Waals surface area (Å²) in [6.07, 6.45) is 9.01. The molecule has 2 aliphatic rings. The number of nitrogens with zero attached hydrogens (tertiary/aromatic N) is 5. The number of aliphatic imine (C=N–C) groups is 1. The third kappa shape index (κ3) is 5.97. The van der Waals surface area contributed by atoms with Crippen molar-refractivity contribution in [3.63, 3.8) is 0 Å².